The first-order chi connectivity index (χ1) is 15.4. The number of fused-ring (bicyclic) bond motifs is 1. The van der Waals surface area contributed by atoms with Crippen LogP contribution >= 0.6 is 11.3 Å². The molecule has 1 aliphatic rings. The van der Waals surface area contributed by atoms with Gasteiger partial charge in [0.05, 0.1) is 38.9 Å². The van der Waals surface area contributed by atoms with E-state index >= 15 is 0 Å². The van der Waals surface area contributed by atoms with E-state index in [0.29, 0.717) is 29.6 Å². The summed E-state index contributed by atoms with van der Waals surface area (Å²) in [7, 11) is 0. The van der Waals surface area contributed by atoms with Crippen LogP contribution in [0.15, 0.2) is 29.6 Å². The highest BCUT2D eigenvalue weighted by Gasteiger charge is 2.27. The Labute approximate surface area is 186 Å². The third-order valence-corrected chi connectivity index (χ3v) is 6.38. The minimum atomic E-state index is -1.01. The molecule has 0 bridgehead atoms. The van der Waals surface area contributed by atoms with Gasteiger partial charge < -0.3 is 19.7 Å². The van der Waals surface area contributed by atoms with Gasteiger partial charge in [-0.1, -0.05) is 6.07 Å². The number of anilines is 1. The van der Waals surface area contributed by atoms with E-state index in [1.807, 2.05) is 0 Å². The molecule has 11 nitrogen and oxygen atoms in total. The number of aliphatic hydroxyl groups excluding tert-OH is 1. The number of nitrogens with zero attached hydrogens (tertiary/aromatic N) is 4. The number of hydrogen-bond donors (Lipinski definition) is 3. The number of carbonyl (C=O) groups excluding carboxylic acids is 1. The molecule has 3 aromatic rings. The molecule has 0 aliphatic carbocycles. The summed E-state index contributed by atoms with van der Waals surface area (Å²) in [5.74, 6) is -0.306. The predicted molar refractivity (Wildman–Crippen MR) is 117 cm³/mol. The Morgan fingerprint density at radius 2 is 2.12 bits per heavy atom. The fourth-order valence-electron chi connectivity index (χ4n) is 3.90. The average Bonchev–Trinajstić information content (AvgIpc) is 3.31. The van der Waals surface area contributed by atoms with Crippen LogP contribution in [0, 0.1) is 10.1 Å². The largest absolute Gasteiger partial charge is 0.465 e. The molecule has 32 heavy (non-hydrogen) atoms. The topological polar surface area (TPSA) is 151 Å². The fraction of sp³-hybridized carbons (Fsp3) is 0.350. The van der Waals surface area contributed by atoms with E-state index in [-0.39, 0.29) is 35.7 Å². The van der Waals surface area contributed by atoms with Gasteiger partial charge in [0, 0.05) is 19.2 Å². The molecule has 1 atom stereocenters. The minimum Gasteiger partial charge on any atom is -0.465 e. The third-order valence-electron chi connectivity index (χ3n) is 5.46. The summed E-state index contributed by atoms with van der Waals surface area (Å²) in [5, 5.41) is 34.1. The summed E-state index contributed by atoms with van der Waals surface area (Å²) in [4.78, 5) is 40.9. The highest BCUT2D eigenvalue weighted by molar-refractivity contribution is 7.12. The predicted octanol–water partition coefficient (Wildman–Crippen LogP) is 3.46. The smallest absolute Gasteiger partial charge is 0.407 e. The van der Waals surface area contributed by atoms with Crippen LogP contribution < -0.4 is 5.32 Å². The molecule has 3 N–H and O–H groups in total. The van der Waals surface area contributed by atoms with E-state index in [1.165, 1.54) is 16.3 Å². The Morgan fingerprint density at radius 1 is 1.31 bits per heavy atom. The standard InChI is InChI=1S/C20H21N5O6S/c26-10-12-4-5-15-16(7-12)24(13-3-1-2-6-23(9-13)20(28)29)19(21-15)22-18(27)17-8-14(11-32-17)25(30)31/h4-5,7-8,11,13,26H,1-3,6,9-10H2,(H,28,29)(H,21,22,27). The summed E-state index contributed by atoms with van der Waals surface area (Å²) in [5.41, 5.74) is 1.75. The van der Waals surface area contributed by atoms with Crippen molar-refractivity contribution in [2.45, 2.75) is 31.9 Å². The molecule has 3 heterocycles. The van der Waals surface area contributed by atoms with E-state index in [9.17, 15) is 29.9 Å². The lowest BCUT2D eigenvalue weighted by molar-refractivity contribution is -0.384. The molecule has 0 spiro atoms. The number of nitro groups is 1. The molecule has 1 aliphatic heterocycles. The number of nitrogens with one attached hydrogen (secondary N) is 1. The number of likely N-dealkylation sites (tertiary alicyclic amines) is 1. The molecule has 1 fully saturated rings. The lowest BCUT2D eigenvalue weighted by atomic mass is 10.1. The molecule has 1 saturated heterocycles. The average molecular weight is 459 g/mol. The van der Waals surface area contributed by atoms with Crippen LogP contribution in [-0.4, -0.2) is 54.7 Å². The van der Waals surface area contributed by atoms with Gasteiger partial charge in [0.25, 0.3) is 11.6 Å². The number of benzene rings is 1. The Balaban J connectivity index is 1.75. The summed E-state index contributed by atoms with van der Waals surface area (Å²) < 4.78 is 1.80. The number of thiophene rings is 1. The van der Waals surface area contributed by atoms with Gasteiger partial charge in [0.2, 0.25) is 5.95 Å². The second-order valence-corrected chi connectivity index (χ2v) is 8.46. The normalized spacial score (nSPS) is 16.7. The zero-order valence-corrected chi connectivity index (χ0v) is 17.7. The Bertz CT molecular complexity index is 1190. The van der Waals surface area contributed by atoms with Crippen molar-refractivity contribution in [2.75, 3.05) is 18.4 Å². The van der Waals surface area contributed by atoms with Crippen molar-refractivity contribution in [3.63, 3.8) is 0 Å². The van der Waals surface area contributed by atoms with Crippen molar-refractivity contribution in [2.24, 2.45) is 0 Å². The van der Waals surface area contributed by atoms with Crippen LogP contribution in [0.4, 0.5) is 16.4 Å². The molecule has 2 aromatic heterocycles. The van der Waals surface area contributed by atoms with Crippen LogP contribution in [0.3, 0.4) is 0 Å². The maximum Gasteiger partial charge on any atom is 0.407 e. The monoisotopic (exact) mass is 459 g/mol. The van der Waals surface area contributed by atoms with Crippen LogP contribution in [0.1, 0.15) is 40.5 Å². The number of imidazole rings is 1. The van der Waals surface area contributed by atoms with Crippen LogP contribution in [-0.2, 0) is 6.61 Å². The number of carbonyl (C=O) groups is 2. The third kappa shape index (κ3) is 4.27. The first-order valence-electron chi connectivity index (χ1n) is 10.0. The van der Waals surface area contributed by atoms with Gasteiger partial charge in [-0.2, -0.15) is 0 Å². The number of aliphatic hydroxyl groups is 1. The zero-order chi connectivity index (χ0) is 22.8. The maximum atomic E-state index is 12.8. The van der Waals surface area contributed by atoms with Gasteiger partial charge in [0.1, 0.15) is 0 Å². The lowest BCUT2D eigenvalue weighted by Crippen LogP contribution is -2.34. The Hall–Kier alpha value is -3.51. The second kappa shape index (κ2) is 8.93. The molecular formula is C20H21N5O6S. The van der Waals surface area contributed by atoms with Crippen LogP contribution in [0.25, 0.3) is 11.0 Å². The molecule has 0 saturated carbocycles. The molecule has 2 amide bonds. The first-order valence-corrected chi connectivity index (χ1v) is 10.9. The van der Waals surface area contributed by atoms with Crippen molar-refractivity contribution in [1.29, 1.82) is 0 Å². The Kier molecular flexibility index (Phi) is 6.06. The highest BCUT2D eigenvalue weighted by atomic mass is 32.1. The van der Waals surface area contributed by atoms with Crippen molar-refractivity contribution < 1.29 is 24.7 Å². The molecular weight excluding hydrogens is 438 g/mol. The molecule has 1 aromatic carbocycles. The highest BCUT2D eigenvalue weighted by Crippen LogP contribution is 2.31. The zero-order valence-electron chi connectivity index (χ0n) is 16.9. The summed E-state index contributed by atoms with van der Waals surface area (Å²) in [6, 6.07) is 6.15. The van der Waals surface area contributed by atoms with Crippen molar-refractivity contribution in [1.82, 2.24) is 14.5 Å². The molecule has 0 radical (unpaired) electrons. The van der Waals surface area contributed by atoms with Crippen molar-refractivity contribution in [3.05, 3.63) is 50.2 Å². The molecule has 1 unspecified atom stereocenters. The van der Waals surface area contributed by atoms with E-state index in [1.54, 1.807) is 22.8 Å². The van der Waals surface area contributed by atoms with Crippen molar-refractivity contribution >= 4 is 46.0 Å². The number of hydrogen-bond acceptors (Lipinski definition) is 7. The summed E-state index contributed by atoms with van der Waals surface area (Å²) >= 11 is 0.958. The van der Waals surface area contributed by atoms with Gasteiger partial charge in [-0.25, -0.2) is 9.78 Å². The number of rotatable bonds is 5. The minimum absolute atomic E-state index is 0.165. The first kappa shape index (κ1) is 21.7. The number of aromatic nitrogens is 2. The SMILES string of the molecule is O=C(Nc1nc2ccc(CO)cc2n1C1CCCCN(C(=O)O)C1)c1cc([N+](=O)[O-])cs1. The van der Waals surface area contributed by atoms with Gasteiger partial charge >= 0.3 is 6.09 Å². The van der Waals surface area contributed by atoms with E-state index in [0.717, 1.165) is 24.2 Å². The van der Waals surface area contributed by atoms with Gasteiger partial charge in [0.15, 0.2) is 0 Å². The van der Waals surface area contributed by atoms with Gasteiger partial charge in [-0.3, -0.25) is 20.2 Å². The molecule has 12 heteroatoms. The summed E-state index contributed by atoms with van der Waals surface area (Å²) in [6.07, 6.45) is 1.22. The van der Waals surface area contributed by atoms with Crippen molar-refractivity contribution in [3.8, 4) is 0 Å². The van der Waals surface area contributed by atoms with Gasteiger partial charge in [-0.05, 0) is 37.0 Å². The van der Waals surface area contributed by atoms with E-state index < -0.39 is 16.9 Å². The molecule has 4 rings (SSSR count). The lowest BCUT2D eigenvalue weighted by Gasteiger charge is -2.25. The second-order valence-electron chi connectivity index (χ2n) is 7.55. The van der Waals surface area contributed by atoms with Crippen LogP contribution in [0.2, 0.25) is 0 Å². The van der Waals surface area contributed by atoms with E-state index in [4.69, 9.17) is 0 Å². The Morgan fingerprint density at radius 3 is 2.81 bits per heavy atom. The molecule has 168 valence electrons. The number of carboxylic acid groups (broad SMARTS) is 1. The van der Waals surface area contributed by atoms with Crippen LogP contribution in [0.5, 0.6) is 0 Å². The fourth-order valence-corrected chi connectivity index (χ4v) is 4.65. The summed E-state index contributed by atoms with van der Waals surface area (Å²) in [6.45, 7) is 0.492. The van der Waals surface area contributed by atoms with Gasteiger partial charge in [-0.15, -0.1) is 11.3 Å². The maximum absolute atomic E-state index is 12.8. The quantitative estimate of drug-likeness (QED) is 0.390. The van der Waals surface area contributed by atoms with E-state index in [2.05, 4.69) is 10.3 Å². The number of amides is 2.